The Morgan fingerprint density at radius 3 is 1.34 bits per heavy atom. The van der Waals surface area contributed by atoms with Gasteiger partial charge in [-0.25, -0.2) is 0 Å². The lowest BCUT2D eigenvalue weighted by molar-refractivity contribution is 1.47. The first-order chi connectivity index (χ1) is 32.1. The van der Waals surface area contributed by atoms with Gasteiger partial charge in [0.05, 0.1) is 0 Å². The van der Waals surface area contributed by atoms with Crippen LogP contribution < -0.4 is 0 Å². The van der Waals surface area contributed by atoms with Gasteiger partial charge in [0, 0.05) is 25.7 Å². The van der Waals surface area contributed by atoms with Crippen molar-refractivity contribution in [1.82, 2.24) is 0 Å². The molecule has 0 aliphatic heterocycles. The maximum Gasteiger partial charge on any atom is 0.0434 e. The molecule has 0 unspecified atom stereocenters. The highest BCUT2D eigenvalue weighted by Crippen LogP contribution is 2.59. The molecule has 0 spiro atoms. The van der Waals surface area contributed by atoms with Crippen LogP contribution in [0.25, 0.3) is 141 Å². The molecule has 0 saturated carbocycles. The highest BCUT2D eigenvalue weighted by atomic mass is 32.1. The average molecular weight is 841 g/mol. The van der Waals surface area contributed by atoms with E-state index in [4.69, 9.17) is 0 Å². The highest BCUT2D eigenvalue weighted by Gasteiger charge is 2.31. The molecule has 65 heavy (non-hydrogen) atoms. The van der Waals surface area contributed by atoms with Crippen molar-refractivity contribution < 1.29 is 0 Å². The van der Waals surface area contributed by atoms with E-state index in [-0.39, 0.29) is 0 Å². The zero-order valence-electron chi connectivity index (χ0n) is 36.0. The number of hydrogen-bond donors (Lipinski definition) is 0. The van der Waals surface area contributed by atoms with Crippen LogP contribution in [0.5, 0.6) is 0 Å². The fraction of sp³-hybridized carbons (Fsp3) is 0.0312. The van der Waals surface area contributed by atoms with Crippen molar-refractivity contribution in [3.63, 3.8) is 0 Å². The molecule has 302 valence electrons. The van der Waals surface area contributed by atoms with Crippen LogP contribution >= 0.6 is 11.3 Å². The molecule has 0 radical (unpaired) electrons. The van der Waals surface area contributed by atoms with Crippen LogP contribution in [0.3, 0.4) is 0 Å². The van der Waals surface area contributed by atoms with E-state index in [1.807, 2.05) is 11.3 Å². The third kappa shape index (κ3) is 5.31. The van der Waals surface area contributed by atoms with Gasteiger partial charge in [-0.15, -0.1) is 11.3 Å². The van der Waals surface area contributed by atoms with Gasteiger partial charge in [-0.3, -0.25) is 0 Å². The second-order valence-electron chi connectivity index (χ2n) is 18.0. The third-order valence-corrected chi connectivity index (χ3v) is 15.5. The summed E-state index contributed by atoms with van der Waals surface area (Å²) in [5.41, 5.74) is 17.9. The van der Waals surface area contributed by atoms with E-state index in [1.165, 1.54) is 152 Å². The van der Waals surface area contributed by atoms with Crippen molar-refractivity contribution in [3.8, 4) is 66.8 Å². The smallest absolute Gasteiger partial charge is 0.0434 e. The van der Waals surface area contributed by atoms with Crippen LogP contribution in [0, 0.1) is 13.8 Å². The quantitative estimate of drug-likeness (QED) is 0.155. The fourth-order valence-electron chi connectivity index (χ4n) is 11.4. The summed E-state index contributed by atoms with van der Waals surface area (Å²) in [5.74, 6) is 0. The van der Waals surface area contributed by atoms with E-state index < -0.39 is 0 Å². The molecule has 12 aromatic carbocycles. The van der Waals surface area contributed by atoms with E-state index in [9.17, 15) is 0 Å². The Morgan fingerprint density at radius 1 is 0.262 bits per heavy atom. The highest BCUT2D eigenvalue weighted by molar-refractivity contribution is 7.26. The average Bonchev–Trinajstić information content (AvgIpc) is 3.90. The van der Waals surface area contributed by atoms with E-state index >= 15 is 0 Å². The molecule has 1 aliphatic rings. The molecular weight excluding hydrogens is 801 g/mol. The molecule has 13 aromatic rings. The second kappa shape index (κ2) is 13.8. The van der Waals surface area contributed by atoms with E-state index in [0.29, 0.717) is 0 Å². The molecule has 0 amide bonds. The molecule has 0 fully saturated rings. The summed E-state index contributed by atoms with van der Waals surface area (Å²) in [5, 5.41) is 15.6. The third-order valence-electron chi connectivity index (χ3n) is 14.3. The molecule has 0 N–H and O–H groups in total. The van der Waals surface area contributed by atoms with Crippen molar-refractivity contribution in [3.05, 3.63) is 217 Å². The van der Waals surface area contributed by atoms with Gasteiger partial charge in [0.2, 0.25) is 0 Å². The Hall–Kier alpha value is -7.84. The standard InChI is InChI=1S/C64H40S/c1-37-22-26-39(27-23-37)59-51-17-7-8-18-52(51)60(40-28-24-38(2)25-29-40)63-54-33-32-48(50-19-11-20-53(61(50)54)62(59)63)56-35-42(36-57-49-16-9-10-21-58(49)65-64(56)57)41-30-31-47-45-14-4-3-12-43(45)44-13-5-6-15-46(44)55(47)34-41/h3-36H,1-2H3. The number of rotatable bonds is 4. The Labute approximate surface area is 381 Å². The summed E-state index contributed by atoms with van der Waals surface area (Å²) < 4.78 is 2.64. The molecule has 0 bridgehead atoms. The van der Waals surface area contributed by atoms with Crippen LogP contribution in [0.1, 0.15) is 11.1 Å². The van der Waals surface area contributed by atoms with Crippen LogP contribution in [0.4, 0.5) is 0 Å². The minimum absolute atomic E-state index is 1.23. The van der Waals surface area contributed by atoms with Gasteiger partial charge in [-0.2, -0.15) is 0 Å². The number of benzene rings is 12. The first kappa shape index (κ1) is 36.6. The molecular formula is C64H40S. The van der Waals surface area contributed by atoms with Gasteiger partial charge in [0.1, 0.15) is 0 Å². The topological polar surface area (TPSA) is 0 Å². The van der Waals surface area contributed by atoms with Crippen molar-refractivity contribution >= 4 is 85.4 Å². The lowest BCUT2D eigenvalue weighted by atomic mass is 9.82. The summed E-state index contributed by atoms with van der Waals surface area (Å²) in [6, 6.07) is 78.1. The van der Waals surface area contributed by atoms with Crippen molar-refractivity contribution in [2.45, 2.75) is 13.8 Å². The fourth-order valence-corrected chi connectivity index (χ4v) is 12.6. The molecule has 14 rings (SSSR count). The van der Waals surface area contributed by atoms with Crippen LogP contribution in [0.15, 0.2) is 206 Å². The lowest BCUT2D eigenvalue weighted by Crippen LogP contribution is -1.93. The van der Waals surface area contributed by atoms with E-state index in [1.54, 1.807) is 0 Å². The minimum atomic E-state index is 1.23. The van der Waals surface area contributed by atoms with Gasteiger partial charge in [-0.05, 0) is 153 Å². The Kier molecular flexibility index (Phi) is 7.79. The van der Waals surface area contributed by atoms with Crippen LogP contribution in [-0.4, -0.2) is 0 Å². The largest absolute Gasteiger partial charge is 0.135 e. The number of aryl methyl sites for hydroxylation is 2. The van der Waals surface area contributed by atoms with Gasteiger partial charge in [0.15, 0.2) is 0 Å². The number of fused-ring (bicyclic) bond motifs is 13. The van der Waals surface area contributed by atoms with Crippen molar-refractivity contribution in [1.29, 1.82) is 0 Å². The Balaban J connectivity index is 1.06. The summed E-state index contributed by atoms with van der Waals surface area (Å²) >= 11 is 1.92. The summed E-state index contributed by atoms with van der Waals surface area (Å²) in [6.07, 6.45) is 0. The van der Waals surface area contributed by atoms with Crippen LogP contribution in [-0.2, 0) is 0 Å². The molecule has 0 nitrogen and oxygen atoms in total. The number of thiophene rings is 1. The minimum Gasteiger partial charge on any atom is -0.135 e. The SMILES string of the molecule is Cc1ccc(-c2c3c(c(-c4ccc(C)cc4)c4ccccc24)-c2ccc(-c4cc(-c5ccc6c7ccccc7c7ccccc7c6c5)cc5c4sc4ccccc45)c4cccc-3c24)cc1. The Bertz CT molecular complexity index is 4030. The Morgan fingerprint density at radius 2 is 0.723 bits per heavy atom. The first-order valence-corrected chi connectivity index (χ1v) is 23.5. The van der Waals surface area contributed by atoms with E-state index in [0.717, 1.165) is 0 Å². The monoisotopic (exact) mass is 840 g/mol. The van der Waals surface area contributed by atoms with Gasteiger partial charge < -0.3 is 0 Å². The predicted molar refractivity (Wildman–Crippen MR) is 283 cm³/mol. The first-order valence-electron chi connectivity index (χ1n) is 22.7. The maximum absolute atomic E-state index is 2.48. The maximum atomic E-state index is 2.48. The molecule has 1 heteroatoms. The summed E-state index contributed by atoms with van der Waals surface area (Å²) in [4.78, 5) is 0. The molecule has 0 saturated heterocycles. The number of hydrogen-bond acceptors (Lipinski definition) is 1. The van der Waals surface area contributed by atoms with E-state index in [2.05, 4.69) is 220 Å². The van der Waals surface area contributed by atoms with Gasteiger partial charge in [-0.1, -0.05) is 193 Å². The zero-order valence-corrected chi connectivity index (χ0v) is 36.9. The predicted octanol–water partition coefficient (Wildman–Crippen LogP) is 18.8. The molecule has 1 aromatic heterocycles. The molecule has 1 aliphatic carbocycles. The van der Waals surface area contributed by atoms with Gasteiger partial charge in [0.25, 0.3) is 0 Å². The molecule has 1 heterocycles. The molecule has 0 atom stereocenters. The summed E-state index contributed by atoms with van der Waals surface area (Å²) in [6.45, 7) is 4.36. The van der Waals surface area contributed by atoms with Gasteiger partial charge >= 0.3 is 0 Å². The zero-order chi connectivity index (χ0) is 42.9. The second-order valence-corrected chi connectivity index (χ2v) is 19.1. The summed E-state index contributed by atoms with van der Waals surface area (Å²) in [7, 11) is 0. The van der Waals surface area contributed by atoms with Crippen molar-refractivity contribution in [2.75, 3.05) is 0 Å². The lowest BCUT2D eigenvalue weighted by Gasteiger charge is -2.20. The normalized spacial score (nSPS) is 12.2. The van der Waals surface area contributed by atoms with Crippen LogP contribution in [0.2, 0.25) is 0 Å². The van der Waals surface area contributed by atoms with Crippen molar-refractivity contribution in [2.24, 2.45) is 0 Å².